The smallest absolute Gasteiger partial charge is 0.146 e. The van der Waals surface area contributed by atoms with Gasteiger partial charge >= 0.3 is 0 Å². The van der Waals surface area contributed by atoms with Crippen molar-refractivity contribution in [2.45, 2.75) is 65.2 Å². The molecular formula is C23H32N2O. The van der Waals surface area contributed by atoms with E-state index < -0.39 is 0 Å². The number of hydrogen-bond donors (Lipinski definition) is 0. The summed E-state index contributed by atoms with van der Waals surface area (Å²) in [5, 5.41) is 8.71. The molecule has 0 amide bonds. The van der Waals surface area contributed by atoms with Crippen LogP contribution in [-0.4, -0.2) is 6.61 Å². The molecule has 2 aromatic carbocycles. The number of aryl methyl sites for hydroxylation is 1. The number of benzene rings is 2. The van der Waals surface area contributed by atoms with Crippen molar-refractivity contribution in [1.29, 1.82) is 0 Å². The average molecular weight is 353 g/mol. The summed E-state index contributed by atoms with van der Waals surface area (Å²) in [5.74, 6) is 0.812. The molecule has 140 valence electrons. The van der Waals surface area contributed by atoms with E-state index in [-0.39, 0.29) is 0 Å². The maximum absolute atomic E-state index is 5.94. The average Bonchev–Trinajstić information content (AvgIpc) is 2.66. The van der Waals surface area contributed by atoms with Crippen LogP contribution in [-0.2, 0) is 0 Å². The van der Waals surface area contributed by atoms with Crippen molar-refractivity contribution in [1.82, 2.24) is 0 Å². The van der Waals surface area contributed by atoms with Crippen molar-refractivity contribution in [2.24, 2.45) is 10.2 Å². The summed E-state index contributed by atoms with van der Waals surface area (Å²) in [6.07, 6.45) is 10.4. The summed E-state index contributed by atoms with van der Waals surface area (Å²) < 4.78 is 5.94. The molecule has 0 heterocycles. The molecule has 0 aromatic heterocycles. The van der Waals surface area contributed by atoms with Gasteiger partial charge in [-0.25, -0.2) is 0 Å². The van der Waals surface area contributed by atoms with Crippen LogP contribution < -0.4 is 4.74 Å². The van der Waals surface area contributed by atoms with Gasteiger partial charge in [-0.2, -0.15) is 5.11 Å². The topological polar surface area (TPSA) is 34.0 Å². The van der Waals surface area contributed by atoms with E-state index in [1.165, 1.54) is 50.5 Å². The minimum atomic E-state index is 0.742. The van der Waals surface area contributed by atoms with Crippen molar-refractivity contribution >= 4 is 11.4 Å². The zero-order valence-electron chi connectivity index (χ0n) is 16.3. The third-order valence-electron chi connectivity index (χ3n) is 4.40. The first kappa shape index (κ1) is 20.2. The molecule has 2 aromatic rings. The minimum absolute atomic E-state index is 0.742. The van der Waals surface area contributed by atoms with Gasteiger partial charge < -0.3 is 4.74 Å². The van der Waals surface area contributed by atoms with Gasteiger partial charge in [0.15, 0.2) is 0 Å². The second kappa shape index (κ2) is 12.2. The molecule has 0 spiro atoms. The molecule has 0 fully saturated rings. The fourth-order valence-corrected chi connectivity index (χ4v) is 2.88. The van der Waals surface area contributed by atoms with E-state index in [0.717, 1.165) is 30.2 Å². The highest BCUT2D eigenvalue weighted by atomic mass is 16.5. The van der Waals surface area contributed by atoms with E-state index >= 15 is 0 Å². The Morgan fingerprint density at radius 1 is 0.769 bits per heavy atom. The van der Waals surface area contributed by atoms with Crippen LogP contribution in [0.3, 0.4) is 0 Å². The number of para-hydroxylation sites is 1. The summed E-state index contributed by atoms with van der Waals surface area (Å²) in [7, 11) is 0. The van der Waals surface area contributed by atoms with Crippen molar-refractivity contribution in [2.75, 3.05) is 6.61 Å². The molecule has 0 saturated heterocycles. The minimum Gasteiger partial charge on any atom is -0.491 e. The second-order valence-electron chi connectivity index (χ2n) is 6.83. The highest BCUT2D eigenvalue weighted by molar-refractivity contribution is 5.51. The Labute approximate surface area is 158 Å². The van der Waals surface area contributed by atoms with Crippen molar-refractivity contribution in [3.8, 4) is 5.75 Å². The Balaban J connectivity index is 1.74. The standard InChI is InChI=1S/C23H32N2O/c1-3-4-5-6-7-8-9-12-18-26-23-17-11-10-16-22(23)25-24-21-15-13-14-20(2)19-21/h10-11,13-17,19H,3-9,12,18H2,1-2H3. The summed E-state index contributed by atoms with van der Waals surface area (Å²) in [4.78, 5) is 0. The fraction of sp³-hybridized carbons (Fsp3) is 0.478. The molecule has 26 heavy (non-hydrogen) atoms. The van der Waals surface area contributed by atoms with Crippen LogP contribution in [0.25, 0.3) is 0 Å². The van der Waals surface area contributed by atoms with Gasteiger partial charge in [0.25, 0.3) is 0 Å². The molecule has 0 N–H and O–H groups in total. The highest BCUT2D eigenvalue weighted by Gasteiger charge is 2.02. The molecule has 2 rings (SSSR count). The van der Waals surface area contributed by atoms with Gasteiger partial charge in [-0.15, -0.1) is 5.11 Å². The first-order valence-electron chi connectivity index (χ1n) is 10.00. The lowest BCUT2D eigenvalue weighted by molar-refractivity contribution is 0.305. The van der Waals surface area contributed by atoms with E-state index in [4.69, 9.17) is 4.74 Å². The number of nitrogens with zero attached hydrogens (tertiary/aromatic N) is 2. The Morgan fingerprint density at radius 2 is 1.50 bits per heavy atom. The Bertz CT molecular complexity index is 667. The van der Waals surface area contributed by atoms with Crippen LogP contribution in [0.5, 0.6) is 5.75 Å². The first-order chi connectivity index (χ1) is 12.8. The molecule has 0 unspecified atom stereocenters. The molecule has 0 aliphatic heterocycles. The molecule has 0 atom stereocenters. The summed E-state index contributed by atoms with van der Waals surface area (Å²) >= 11 is 0. The third-order valence-corrected chi connectivity index (χ3v) is 4.40. The summed E-state index contributed by atoms with van der Waals surface area (Å²) in [6.45, 7) is 5.06. The monoisotopic (exact) mass is 352 g/mol. The van der Waals surface area contributed by atoms with Crippen LogP contribution in [0.15, 0.2) is 58.8 Å². The predicted molar refractivity (Wildman–Crippen MR) is 110 cm³/mol. The van der Waals surface area contributed by atoms with Crippen molar-refractivity contribution in [3.63, 3.8) is 0 Å². The van der Waals surface area contributed by atoms with Crippen molar-refractivity contribution < 1.29 is 4.74 Å². The zero-order chi connectivity index (χ0) is 18.5. The largest absolute Gasteiger partial charge is 0.491 e. The van der Waals surface area contributed by atoms with Gasteiger partial charge in [-0.05, 0) is 43.2 Å². The number of rotatable bonds is 12. The van der Waals surface area contributed by atoms with Gasteiger partial charge in [0.1, 0.15) is 11.4 Å². The fourth-order valence-electron chi connectivity index (χ4n) is 2.88. The number of hydrogen-bond acceptors (Lipinski definition) is 3. The Kier molecular flexibility index (Phi) is 9.48. The zero-order valence-corrected chi connectivity index (χ0v) is 16.3. The molecule has 3 heteroatoms. The number of azo groups is 1. The SMILES string of the molecule is CCCCCCCCCCOc1ccccc1N=Nc1cccc(C)c1. The van der Waals surface area contributed by atoms with Crippen LogP contribution >= 0.6 is 0 Å². The highest BCUT2D eigenvalue weighted by Crippen LogP contribution is 2.29. The molecule has 0 aliphatic carbocycles. The van der Waals surface area contributed by atoms with Crippen LogP contribution in [0.4, 0.5) is 11.4 Å². The predicted octanol–water partition coefficient (Wildman–Crippen LogP) is 7.93. The normalized spacial score (nSPS) is 11.2. The van der Waals surface area contributed by atoms with Gasteiger partial charge in [0.05, 0.1) is 12.3 Å². The summed E-state index contributed by atoms with van der Waals surface area (Å²) in [5.41, 5.74) is 2.83. The van der Waals surface area contributed by atoms with E-state index in [1.807, 2.05) is 42.5 Å². The maximum Gasteiger partial charge on any atom is 0.146 e. The maximum atomic E-state index is 5.94. The first-order valence-corrected chi connectivity index (χ1v) is 10.00. The van der Waals surface area contributed by atoms with Gasteiger partial charge in [0, 0.05) is 0 Å². The second-order valence-corrected chi connectivity index (χ2v) is 6.83. The van der Waals surface area contributed by atoms with E-state index in [9.17, 15) is 0 Å². The lowest BCUT2D eigenvalue weighted by Crippen LogP contribution is -1.97. The number of ether oxygens (including phenoxy) is 1. The van der Waals surface area contributed by atoms with Gasteiger partial charge in [-0.3, -0.25) is 0 Å². The molecule has 3 nitrogen and oxygen atoms in total. The van der Waals surface area contributed by atoms with Gasteiger partial charge in [-0.1, -0.05) is 76.1 Å². The molecule has 0 bridgehead atoms. The van der Waals surface area contributed by atoms with E-state index in [0.29, 0.717) is 0 Å². The molecule has 0 aliphatic rings. The third kappa shape index (κ3) is 7.81. The quantitative estimate of drug-likeness (QED) is 0.282. The lowest BCUT2D eigenvalue weighted by atomic mass is 10.1. The van der Waals surface area contributed by atoms with Crippen LogP contribution in [0.2, 0.25) is 0 Å². The van der Waals surface area contributed by atoms with Crippen LogP contribution in [0.1, 0.15) is 63.9 Å². The Morgan fingerprint density at radius 3 is 2.27 bits per heavy atom. The number of unbranched alkanes of at least 4 members (excludes halogenated alkanes) is 7. The molecule has 0 radical (unpaired) electrons. The molecule has 0 saturated carbocycles. The lowest BCUT2D eigenvalue weighted by Gasteiger charge is -2.08. The van der Waals surface area contributed by atoms with E-state index in [1.54, 1.807) is 0 Å². The summed E-state index contributed by atoms with van der Waals surface area (Å²) in [6, 6.07) is 15.9. The van der Waals surface area contributed by atoms with E-state index in [2.05, 4.69) is 30.1 Å². The molecular weight excluding hydrogens is 320 g/mol. The van der Waals surface area contributed by atoms with Gasteiger partial charge in [0.2, 0.25) is 0 Å². The Hall–Kier alpha value is -2.16. The van der Waals surface area contributed by atoms with Crippen LogP contribution in [0, 0.1) is 6.92 Å². The van der Waals surface area contributed by atoms with Crippen molar-refractivity contribution in [3.05, 3.63) is 54.1 Å².